The van der Waals surface area contributed by atoms with Gasteiger partial charge >= 0.3 is 218 Å². The summed E-state index contributed by atoms with van der Waals surface area (Å²) in [5.41, 5.74) is 4.20. The van der Waals surface area contributed by atoms with Crippen LogP contribution in [-0.2, 0) is 22.9 Å². The van der Waals surface area contributed by atoms with Crippen LogP contribution in [0.15, 0.2) is 47.6 Å². The van der Waals surface area contributed by atoms with Gasteiger partial charge in [0, 0.05) is 0 Å². The van der Waals surface area contributed by atoms with Gasteiger partial charge in [0.1, 0.15) is 0 Å². The van der Waals surface area contributed by atoms with E-state index in [0.717, 1.165) is 17.4 Å². The van der Waals surface area contributed by atoms with Crippen molar-refractivity contribution in [1.82, 2.24) is 0 Å². The van der Waals surface area contributed by atoms with Crippen LogP contribution < -0.4 is 24.8 Å². The Bertz CT molecular complexity index is 828. The maximum absolute atomic E-state index is 2.75. The van der Waals surface area contributed by atoms with Gasteiger partial charge in [-0.05, 0) is 0 Å². The molecular weight excluding hydrogens is 666 g/mol. The van der Waals surface area contributed by atoms with Crippen molar-refractivity contribution in [2.75, 3.05) is 0 Å². The Kier molecular flexibility index (Phi) is 9.18. The molecule has 0 radical (unpaired) electrons. The minimum absolute atomic E-state index is 0. The summed E-state index contributed by atoms with van der Waals surface area (Å²) in [6, 6.07) is 10.2. The normalized spacial score (nSPS) is 37.3. The molecule has 0 nitrogen and oxygen atoms in total. The van der Waals surface area contributed by atoms with E-state index in [9.17, 15) is 0 Å². The van der Waals surface area contributed by atoms with E-state index in [-0.39, 0.29) is 24.8 Å². The zero-order valence-electron chi connectivity index (χ0n) is 22.2. The van der Waals surface area contributed by atoms with Crippen LogP contribution in [0.4, 0.5) is 0 Å². The largest absolute Gasteiger partial charge is 1.00 e. The Balaban J connectivity index is 0.00000144. The molecule has 0 amide bonds. The van der Waals surface area contributed by atoms with E-state index in [4.69, 9.17) is 0 Å². The Morgan fingerprint density at radius 3 is 1.51 bits per heavy atom. The molecule has 4 fully saturated rings. The van der Waals surface area contributed by atoms with Gasteiger partial charge in [-0.25, -0.2) is 0 Å². The fourth-order valence-corrected chi connectivity index (χ4v) is 47.5. The smallest absolute Gasteiger partial charge is 1.00 e. The van der Waals surface area contributed by atoms with Gasteiger partial charge in [0.05, 0.1) is 0 Å². The summed E-state index contributed by atoms with van der Waals surface area (Å²) in [5.74, 6) is 1.90. The minimum Gasteiger partial charge on any atom is -1.00 e. The third-order valence-electron chi connectivity index (χ3n) is 11.6. The molecular formula is C30H46Cl2HfSi2. The van der Waals surface area contributed by atoms with E-state index in [1.807, 2.05) is 0 Å². The molecule has 192 valence electrons. The second-order valence-electron chi connectivity index (χ2n) is 12.7. The molecule has 4 unspecified atom stereocenters. The van der Waals surface area contributed by atoms with E-state index in [2.05, 4.69) is 61.4 Å². The van der Waals surface area contributed by atoms with Crippen molar-refractivity contribution in [1.29, 1.82) is 0 Å². The molecule has 0 aromatic rings. The maximum Gasteiger partial charge on any atom is -1.00 e. The summed E-state index contributed by atoms with van der Waals surface area (Å²) in [4.78, 5) is 0. The van der Waals surface area contributed by atoms with Crippen LogP contribution in [0.3, 0.4) is 0 Å². The molecule has 4 atom stereocenters. The maximum atomic E-state index is 2.75. The molecule has 0 bridgehead atoms. The molecule has 2 aliphatic heterocycles. The summed E-state index contributed by atoms with van der Waals surface area (Å²) < 4.78 is 1.69. The van der Waals surface area contributed by atoms with Crippen molar-refractivity contribution in [3.8, 4) is 0 Å². The van der Waals surface area contributed by atoms with Crippen LogP contribution in [-0.4, -0.2) is 16.1 Å². The first-order valence-electron chi connectivity index (χ1n) is 14.7. The zero-order valence-corrected chi connectivity index (χ0v) is 29.3. The molecule has 2 saturated carbocycles. The van der Waals surface area contributed by atoms with Crippen LogP contribution in [0.5, 0.6) is 0 Å². The number of fused-ring (bicyclic) bond motifs is 2. The molecule has 5 heteroatoms. The van der Waals surface area contributed by atoms with Crippen LogP contribution >= 0.6 is 0 Å². The molecule has 0 aromatic carbocycles. The van der Waals surface area contributed by atoms with Crippen molar-refractivity contribution >= 4 is 16.1 Å². The van der Waals surface area contributed by atoms with Crippen molar-refractivity contribution in [3.05, 3.63) is 47.6 Å². The van der Waals surface area contributed by atoms with Gasteiger partial charge in [0.2, 0.25) is 0 Å². The Hall–Kier alpha value is 0.844. The van der Waals surface area contributed by atoms with Crippen LogP contribution in [0.2, 0.25) is 41.9 Å². The van der Waals surface area contributed by atoms with Crippen molar-refractivity contribution in [2.45, 2.75) is 120 Å². The van der Waals surface area contributed by atoms with Gasteiger partial charge in [-0.3, -0.25) is 0 Å². The first kappa shape index (κ1) is 28.8. The number of hydrogen-bond acceptors (Lipinski definition) is 0. The quantitative estimate of drug-likeness (QED) is 0.338. The summed E-state index contributed by atoms with van der Waals surface area (Å²) in [6.07, 6.45) is 30.9. The molecule has 6 aliphatic rings. The number of hydrogen-bond donors (Lipinski definition) is 0. The van der Waals surface area contributed by atoms with Gasteiger partial charge in [-0.2, -0.15) is 0 Å². The SMILES string of the molecule is CCC[Si]1([C]2([Hf+2][C]3([Si]4(CCC)CCC4)CCC4CC=CC=C43)CCC3CC=CC=C32)CCC1.[Cl-].[Cl-]. The molecule has 0 spiro atoms. The van der Waals surface area contributed by atoms with E-state index in [1.54, 1.807) is 74.8 Å². The van der Waals surface area contributed by atoms with Gasteiger partial charge in [-0.15, -0.1) is 0 Å². The predicted molar refractivity (Wildman–Crippen MR) is 145 cm³/mol. The summed E-state index contributed by atoms with van der Waals surface area (Å²) in [5, 5.41) is 0. The number of halogens is 2. The Morgan fingerprint density at radius 1 is 0.743 bits per heavy atom. The topological polar surface area (TPSA) is 0 Å². The van der Waals surface area contributed by atoms with E-state index >= 15 is 0 Å². The van der Waals surface area contributed by atoms with E-state index < -0.39 is 39.1 Å². The van der Waals surface area contributed by atoms with Gasteiger partial charge in [-0.1, -0.05) is 0 Å². The summed E-state index contributed by atoms with van der Waals surface area (Å²) in [7, 11) is -2.34. The first-order valence-corrected chi connectivity index (χ1v) is 23.5. The molecule has 4 aliphatic carbocycles. The van der Waals surface area contributed by atoms with Crippen LogP contribution in [0, 0.1) is 11.8 Å². The monoisotopic (exact) mass is 712 g/mol. The van der Waals surface area contributed by atoms with Crippen molar-refractivity contribution in [3.63, 3.8) is 0 Å². The average Bonchev–Trinajstić information content (AvgIpc) is 3.34. The predicted octanol–water partition coefficient (Wildman–Crippen LogP) is 3.59. The molecule has 2 saturated heterocycles. The molecule has 0 aromatic heterocycles. The van der Waals surface area contributed by atoms with E-state index in [1.165, 1.54) is 25.7 Å². The fraction of sp³-hybridized carbons (Fsp3) is 0.733. The molecule has 35 heavy (non-hydrogen) atoms. The second-order valence-corrected chi connectivity index (χ2v) is 33.2. The zero-order chi connectivity index (χ0) is 22.6. The second kappa shape index (κ2) is 11.1. The van der Waals surface area contributed by atoms with Crippen LogP contribution in [0.1, 0.15) is 78.1 Å². The van der Waals surface area contributed by atoms with Gasteiger partial charge in [0.15, 0.2) is 0 Å². The fourth-order valence-electron chi connectivity index (χ4n) is 9.94. The third-order valence-corrected chi connectivity index (χ3v) is 44.9. The van der Waals surface area contributed by atoms with Crippen molar-refractivity contribution < 1.29 is 47.7 Å². The average molecular weight is 712 g/mol. The molecule has 2 heterocycles. The summed E-state index contributed by atoms with van der Waals surface area (Å²) in [6.45, 7) is 5.07. The van der Waals surface area contributed by atoms with Crippen LogP contribution in [0.25, 0.3) is 0 Å². The van der Waals surface area contributed by atoms with E-state index in [0.29, 0.717) is 0 Å². The summed E-state index contributed by atoms with van der Waals surface area (Å²) >= 11 is -0.974. The number of rotatable bonds is 8. The molecule has 6 rings (SSSR count). The Morgan fingerprint density at radius 2 is 1.17 bits per heavy atom. The van der Waals surface area contributed by atoms with Crippen molar-refractivity contribution in [2.24, 2.45) is 11.8 Å². The van der Waals surface area contributed by atoms with Gasteiger partial charge < -0.3 is 24.8 Å². The third kappa shape index (κ3) is 4.18. The number of allylic oxidation sites excluding steroid dienone is 8. The van der Waals surface area contributed by atoms with Gasteiger partial charge in [0.25, 0.3) is 0 Å². The standard InChI is InChI=1S/2C15H23Si.2ClH.Hf/c2*1-2-10-16(11-5-12-16)15-9-8-13-6-3-4-7-14(13)15;;;/h2*3-4,7,13H,2,5-6,8-12H2,1H3;2*1H;/q;;;;+2/p-2. The molecule has 0 N–H and O–H groups in total. The Labute approximate surface area is 241 Å². The minimum atomic E-state index is -1.17. The first-order chi connectivity index (χ1) is 16.1.